The van der Waals surface area contributed by atoms with Crippen molar-refractivity contribution in [3.05, 3.63) is 63.6 Å². The maximum Gasteiger partial charge on any atom is 0.261 e. The molecule has 162 valence electrons. The first-order valence-electron chi connectivity index (χ1n) is 9.95. The Labute approximate surface area is 188 Å². The highest BCUT2D eigenvalue weighted by Gasteiger charge is 2.27. The number of hydrogen-bond donors (Lipinski definition) is 1. The third-order valence-corrected chi connectivity index (χ3v) is 5.69. The molecule has 5 nitrogen and oxygen atoms in total. The summed E-state index contributed by atoms with van der Waals surface area (Å²) >= 11 is 12.1. The Balaban J connectivity index is 2.20. The quantitative estimate of drug-likeness (QED) is 0.583. The molecule has 2 aromatic rings. The van der Waals surface area contributed by atoms with E-state index in [0.717, 1.165) is 17.5 Å². The minimum Gasteiger partial charge on any atom is -0.484 e. The zero-order chi connectivity index (χ0) is 22.3. The molecule has 7 heteroatoms. The molecule has 2 atom stereocenters. The Bertz CT molecular complexity index is 889. The molecule has 0 bridgehead atoms. The van der Waals surface area contributed by atoms with Gasteiger partial charge in [0.1, 0.15) is 11.8 Å². The van der Waals surface area contributed by atoms with Crippen LogP contribution in [0.4, 0.5) is 0 Å². The summed E-state index contributed by atoms with van der Waals surface area (Å²) in [5.74, 6) is 0.127. The van der Waals surface area contributed by atoms with Crippen LogP contribution in [0.2, 0.25) is 10.0 Å². The normalized spacial score (nSPS) is 12.7. The molecule has 0 aliphatic heterocycles. The van der Waals surface area contributed by atoms with Gasteiger partial charge in [0.25, 0.3) is 5.91 Å². The van der Waals surface area contributed by atoms with E-state index < -0.39 is 6.04 Å². The van der Waals surface area contributed by atoms with E-state index in [1.165, 1.54) is 4.90 Å². The van der Waals surface area contributed by atoms with Crippen LogP contribution in [0.15, 0.2) is 42.5 Å². The number of ether oxygens (including phenoxy) is 1. The number of halogens is 2. The summed E-state index contributed by atoms with van der Waals surface area (Å²) in [6.07, 6.45) is 0.801. The molecular formula is C23H28Cl2N2O3. The molecule has 30 heavy (non-hydrogen) atoms. The highest BCUT2D eigenvalue weighted by molar-refractivity contribution is 6.42. The Hall–Kier alpha value is -2.24. The lowest BCUT2D eigenvalue weighted by atomic mass is 10.1. The highest BCUT2D eigenvalue weighted by atomic mass is 35.5. The van der Waals surface area contributed by atoms with Crippen molar-refractivity contribution in [1.29, 1.82) is 0 Å². The van der Waals surface area contributed by atoms with Gasteiger partial charge < -0.3 is 15.0 Å². The predicted molar refractivity (Wildman–Crippen MR) is 121 cm³/mol. The van der Waals surface area contributed by atoms with Gasteiger partial charge in [-0.05, 0) is 56.5 Å². The summed E-state index contributed by atoms with van der Waals surface area (Å²) in [5, 5.41) is 3.76. The molecule has 0 saturated carbocycles. The maximum atomic E-state index is 13.0. The van der Waals surface area contributed by atoms with Crippen LogP contribution >= 0.6 is 23.2 Å². The number of aryl methyl sites for hydroxylation is 1. The third-order valence-electron chi connectivity index (χ3n) is 4.95. The number of amides is 2. The summed E-state index contributed by atoms with van der Waals surface area (Å²) < 4.78 is 5.72. The Morgan fingerprint density at radius 3 is 2.43 bits per heavy atom. The zero-order valence-corrected chi connectivity index (χ0v) is 19.3. The number of carbonyl (C=O) groups excluding carboxylic acids is 2. The second kappa shape index (κ2) is 11.2. The smallest absolute Gasteiger partial charge is 0.261 e. The number of para-hydroxylation sites is 1. The average Bonchev–Trinajstić information content (AvgIpc) is 2.73. The van der Waals surface area contributed by atoms with Gasteiger partial charge in [0, 0.05) is 12.6 Å². The molecule has 1 N–H and O–H groups in total. The molecule has 0 aliphatic rings. The van der Waals surface area contributed by atoms with Crippen LogP contribution in [-0.4, -0.2) is 35.4 Å². The minimum atomic E-state index is -0.679. The molecule has 0 fully saturated rings. The number of rotatable bonds is 9. The summed E-state index contributed by atoms with van der Waals surface area (Å²) in [6, 6.07) is 12.0. The minimum absolute atomic E-state index is 0.0186. The molecule has 2 rings (SSSR count). The zero-order valence-electron chi connectivity index (χ0n) is 17.7. The number of nitrogens with zero attached hydrogens (tertiary/aromatic N) is 1. The van der Waals surface area contributed by atoms with E-state index in [0.29, 0.717) is 15.8 Å². The van der Waals surface area contributed by atoms with Crippen LogP contribution in [0, 0.1) is 6.92 Å². The molecule has 0 saturated heterocycles. The molecule has 2 aromatic carbocycles. The second-order valence-electron chi connectivity index (χ2n) is 7.32. The molecule has 2 amide bonds. The molecule has 0 aromatic heterocycles. The van der Waals surface area contributed by atoms with Crippen LogP contribution in [0.3, 0.4) is 0 Å². The SMILES string of the molecule is CC[C@H](C)NC(=O)[C@@H](C)N(Cc1ccc(Cl)c(Cl)c1)C(=O)COc1ccccc1C. The third kappa shape index (κ3) is 6.64. The van der Waals surface area contributed by atoms with Crippen molar-refractivity contribution in [1.82, 2.24) is 10.2 Å². The van der Waals surface area contributed by atoms with Crippen LogP contribution < -0.4 is 10.1 Å². The van der Waals surface area contributed by atoms with Crippen molar-refractivity contribution in [2.24, 2.45) is 0 Å². The van der Waals surface area contributed by atoms with E-state index >= 15 is 0 Å². The molecule has 0 aliphatic carbocycles. The van der Waals surface area contributed by atoms with Gasteiger partial charge in [-0.15, -0.1) is 0 Å². The largest absolute Gasteiger partial charge is 0.484 e. The van der Waals surface area contributed by atoms with E-state index in [-0.39, 0.29) is 31.0 Å². The lowest BCUT2D eigenvalue weighted by Crippen LogP contribution is -2.50. The highest BCUT2D eigenvalue weighted by Crippen LogP contribution is 2.24. The molecule has 0 unspecified atom stereocenters. The van der Waals surface area contributed by atoms with E-state index in [1.54, 1.807) is 25.1 Å². The Kier molecular flexibility index (Phi) is 9.00. The monoisotopic (exact) mass is 450 g/mol. The fraction of sp³-hybridized carbons (Fsp3) is 0.391. The first-order chi connectivity index (χ1) is 14.2. The first kappa shape index (κ1) is 24.0. The summed E-state index contributed by atoms with van der Waals surface area (Å²) in [7, 11) is 0. The van der Waals surface area contributed by atoms with Crippen molar-refractivity contribution < 1.29 is 14.3 Å². The van der Waals surface area contributed by atoms with Gasteiger partial charge in [-0.25, -0.2) is 0 Å². The topological polar surface area (TPSA) is 58.6 Å². The van der Waals surface area contributed by atoms with Gasteiger partial charge in [0.2, 0.25) is 5.91 Å². The molecule has 0 heterocycles. The second-order valence-corrected chi connectivity index (χ2v) is 8.13. The van der Waals surface area contributed by atoms with Crippen molar-refractivity contribution in [3.63, 3.8) is 0 Å². The van der Waals surface area contributed by atoms with Gasteiger partial charge in [-0.1, -0.05) is 54.4 Å². The van der Waals surface area contributed by atoms with Crippen LogP contribution in [-0.2, 0) is 16.1 Å². The standard InChI is InChI=1S/C23H28Cl2N2O3/c1-5-16(3)26-23(29)17(4)27(13-18-10-11-19(24)20(25)12-18)22(28)14-30-21-9-7-6-8-15(21)2/h6-12,16-17H,5,13-14H2,1-4H3,(H,26,29)/t16-,17+/m0/s1. The molecule has 0 spiro atoms. The van der Waals surface area contributed by atoms with Gasteiger partial charge in [-0.3, -0.25) is 9.59 Å². The Morgan fingerprint density at radius 2 is 1.80 bits per heavy atom. The van der Waals surface area contributed by atoms with E-state index in [1.807, 2.05) is 45.0 Å². The van der Waals surface area contributed by atoms with Gasteiger partial charge in [0.15, 0.2) is 6.61 Å². The fourth-order valence-corrected chi connectivity index (χ4v) is 3.14. The summed E-state index contributed by atoms with van der Waals surface area (Å²) in [5.41, 5.74) is 1.71. The number of benzene rings is 2. The Morgan fingerprint density at radius 1 is 1.10 bits per heavy atom. The van der Waals surface area contributed by atoms with E-state index in [2.05, 4.69) is 5.32 Å². The lowest BCUT2D eigenvalue weighted by Gasteiger charge is -2.29. The van der Waals surface area contributed by atoms with Crippen molar-refractivity contribution in [3.8, 4) is 5.75 Å². The number of nitrogens with one attached hydrogen (secondary N) is 1. The first-order valence-corrected chi connectivity index (χ1v) is 10.7. The number of hydrogen-bond acceptors (Lipinski definition) is 3. The van der Waals surface area contributed by atoms with Crippen LogP contribution in [0.25, 0.3) is 0 Å². The average molecular weight is 451 g/mol. The summed E-state index contributed by atoms with van der Waals surface area (Å²) in [6.45, 7) is 7.58. The number of carbonyl (C=O) groups is 2. The molecular weight excluding hydrogens is 423 g/mol. The van der Waals surface area contributed by atoms with Crippen LogP contribution in [0.5, 0.6) is 5.75 Å². The van der Waals surface area contributed by atoms with Crippen molar-refractivity contribution >= 4 is 35.0 Å². The van der Waals surface area contributed by atoms with E-state index in [9.17, 15) is 9.59 Å². The van der Waals surface area contributed by atoms with E-state index in [4.69, 9.17) is 27.9 Å². The predicted octanol–water partition coefficient (Wildman–Crippen LogP) is 5.01. The van der Waals surface area contributed by atoms with Gasteiger partial charge in [-0.2, -0.15) is 0 Å². The van der Waals surface area contributed by atoms with Gasteiger partial charge in [0.05, 0.1) is 10.0 Å². The fourth-order valence-electron chi connectivity index (χ4n) is 2.82. The van der Waals surface area contributed by atoms with Crippen molar-refractivity contribution in [2.45, 2.75) is 52.7 Å². The summed E-state index contributed by atoms with van der Waals surface area (Å²) in [4.78, 5) is 27.2. The molecule has 0 radical (unpaired) electrons. The lowest BCUT2D eigenvalue weighted by molar-refractivity contribution is -0.142. The van der Waals surface area contributed by atoms with Crippen LogP contribution in [0.1, 0.15) is 38.3 Å². The van der Waals surface area contributed by atoms with Crippen molar-refractivity contribution in [2.75, 3.05) is 6.61 Å². The maximum absolute atomic E-state index is 13.0. The van der Waals surface area contributed by atoms with Gasteiger partial charge >= 0.3 is 0 Å².